The van der Waals surface area contributed by atoms with Crippen molar-refractivity contribution < 1.29 is 4.74 Å². The van der Waals surface area contributed by atoms with Gasteiger partial charge in [-0.15, -0.1) is 6.42 Å². The summed E-state index contributed by atoms with van der Waals surface area (Å²) in [6.45, 7) is 3.14. The smallest absolute Gasteiger partial charge is 0.0714 e. The highest BCUT2D eigenvalue weighted by Gasteiger charge is 2.38. The Balaban J connectivity index is 2.35. The van der Waals surface area contributed by atoms with Crippen LogP contribution < -0.4 is 5.32 Å². The first-order valence-electron chi connectivity index (χ1n) is 5.51. The van der Waals surface area contributed by atoms with Gasteiger partial charge in [0.25, 0.3) is 0 Å². The molecule has 0 aromatic carbocycles. The fraction of sp³-hybridized carbons (Fsp3) is 0.833. The van der Waals surface area contributed by atoms with E-state index in [1.165, 1.54) is 6.42 Å². The molecule has 0 spiro atoms. The minimum absolute atomic E-state index is 0.0811. The van der Waals surface area contributed by atoms with Gasteiger partial charge in [-0.3, -0.25) is 0 Å². The van der Waals surface area contributed by atoms with Crippen LogP contribution in [0.25, 0.3) is 0 Å². The average molecular weight is 195 g/mol. The van der Waals surface area contributed by atoms with Gasteiger partial charge in [-0.1, -0.05) is 12.8 Å². The third kappa shape index (κ3) is 2.73. The molecule has 1 saturated carbocycles. The van der Waals surface area contributed by atoms with Crippen LogP contribution in [-0.2, 0) is 4.74 Å². The van der Waals surface area contributed by atoms with Crippen molar-refractivity contribution >= 4 is 0 Å². The Kier molecular flexibility index (Phi) is 4.44. The molecule has 2 nitrogen and oxygen atoms in total. The zero-order chi connectivity index (χ0) is 10.4. The van der Waals surface area contributed by atoms with Crippen molar-refractivity contribution in [3.63, 3.8) is 0 Å². The van der Waals surface area contributed by atoms with Crippen molar-refractivity contribution in [1.29, 1.82) is 0 Å². The highest BCUT2D eigenvalue weighted by molar-refractivity contribution is 5.05. The molecule has 1 aliphatic carbocycles. The summed E-state index contributed by atoms with van der Waals surface area (Å²) in [7, 11) is 1.80. The van der Waals surface area contributed by atoms with E-state index in [1.807, 2.05) is 0 Å². The summed E-state index contributed by atoms with van der Waals surface area (Å²) in [6.07, 6.45) is 11.2. The zero-order valence-electron chi connectivity index (χ0n) is 9.31. The van der Waals surface area contributed by atoms with E-state index in [4.69, 9.17) is 11.2 Å². The first-order valence-corrected chi connectivity index (χ1v) is 5.51. The first kappa shape index (κ1) is 11.6. The maximum Gasteiger partial charge on any atom is 0.0714 e. The third-order valence-electron chi connectivity index (χ3n) is 3.12. The number of hydrogen-bond acceptors (Lipinski definition) is 2. The van der Waals surface area contributed by atoms with Gasteiger partial charge < -0.3 is 10.1 Å². The predicted molar refractivity (Wildman–Crippen MR) is 59.1 cm³/mol. The molecule has 0 bridgehead atoms. The molecule has 1 aliphatic rings. The van der Waals surface area contributed by atoms with E-state index in [0.29, 0.717) is 0 Å². The largest absolute Gasteiger partial charge is 0.378 e. The molecule has 0 heterocycles. The van der Waals surface area contributed by atoms with Gasteiger partial charge in [0.2, 0.25) is 0 Å². The van der Waals surface area contributed by atoms with Crippen LogP contribution in [0.5, 0.6) is 0 Å². The van der Waals surface area contributed by atoms with E-state index >= 15 is 0 Å². The standard InChI is InChI=1S/C12H21NO/c1-4-9-13-11(5-2)10-12(14-3)7-6-8-12/h2,11,13H,4,6-10H2,1,3H3. The van der Waals surface area contributed by atoms with Gasteiger partial charge in [0, 0.05) is 13.5 Å². The average Bonchev–Trinajstić information content (AvgIpc) is 2.16. The molecular formula is C12H21NO. The lowest BCUT2D eigenvalue weighted by Crippen LogP contribution is -2.45. The van der Waals surface area contributed by atoms with Crippen molar-refractivity contribution in [2.45, 2.75) is 50.7 Å². The van der Waals surface area contributed by atoms with Crippen molar-refractivity contribution in [2.75, 3.05) is 13.7 Å². The summed E-state index contributed by atoms with van der Waals surface area (Å²) in [6, 6.07) is 0.176. The summed E-state index contributed by atoms with van der Waals surface area (Å²) in [5.41, 5.74) is 0.0811. The van der Waals surface area contributed by atoms with E-state index < -0.39 is 0 Å². The van der Waals surface area contributed by atoms with Crippen LogP contribution in [0.15, 0.2) is 0 Å². The maximum atomic E-state index is 5.55. The first-order chi connectivity index (χ1) is 6.76. The Hall–Kier alpha value is -0.520. The van der Waals surface area contributed by atoms with Gasteiger partial charge >= 0.3 is 0 Å². The number of terminal acetylenes is 1. The van der Waals surface area contributed by atoms with Gasteiger partial charge in [-0.25, -0.2) is 0 Å². The summed E-state index contributed by atoms with van der Waals surface area (Å²) in [5.74, 6) is 2.80. The molecule has 0 aliphatic heterocycles. The Bertz CT molecular complexity index is 197. The van der Waals surface area contributed by atoms with Crippen LogP contribution in [0.3, 0.4) is 0 Å². The summed E-state index contributed by atoms with van der Waals surface area (Å²) < 4.78 is 5.55. The normalized spacial score (nSPS) is 20.9. The monoisotopic (exact) mass is 195 g/mol. The lowest BCUT2D eigenvalue weighted by Gasteiger charge is -2.42. The fourth-order valence-corrected chi connectivity index (χ4v) is 1.94. The number of rotatable bonds is 6. The molecule has 1 N–H and O–H groups in total. The maximum absolute atomic E-state index is 5.55. The summed E-state index contributed by atoms with van der Waals surface area (Å²) in [4.78, 5) is 0. The van der Waals surface area contributed by atoms with E-state index in [1.54, 1.807) is 7.11 Å². The molecule has 1 fully saturated rings. The summed E-state index contributed by atoms with van der Waals surface area (Å²) >= 11 is 0. The molecule has 80 valence electrons. The second-order valence-corrected chi connectivity index (χ2v) is 4.12. The van der Waals surface area contributed by atoms with E-state index in [9.17, 15) is 0 Å². The van der Waals surface area contributed by atoms with Gasteiger partial charge in [0.05, 0.1) is 11.6 Å². The highest BCUT2D eigenvalue weighted by atomic mass is 16.5. The van der Waals surface area contributed by atoms with Crippen LogP contribution in [0.2, 0.25) is 0 Å². The SMILES string of the molecule is C#CC(CC1(OC)CCC1)NCCC. The van der Waals surface area contributed by atoms with Crippen molar-refractivity contribution in [3.05, 3.63) is 0 Å². The summed E-state index contributed by atoms with van der Waals surface area (Å²) in [5, 5.41) is 3.36. The molecule has 1 unspecified atom stereocenters. The quantitative estimate of drug-likeness (QED) is 0.654. The molecule has 0 aromatic rings. The Labute approximate surface area is 87.4 Å². The van der Waals surface area contributed by atoms with Crippen molar-refractivity contribution in [1.82, 2.24) is 5.32 Å². The van der Waals surface area contributed by atoms with Crippen LogP contribution >= 0.6 is 0 Å². The highest BCUT2D eigenvalue weighted by Crippen LogP contribution is 2.38. The Morgan fingerprint density at radius 2 is 2.29 bits per heavy atom. The lowest BCUT2D eigenvalue weighted by atomic mass is 9.75. The second-order valence-electron chi connectivity index (χ2n) is 4.12. The van der Waals surface area contributed by atoms with Gasteiger partial charge in [-0.05, 0) is 32.2 Å². The molecule has 0 amide bonds. The van der Waals surface area contributed by atoms with Crippen LogP contribution in [0.1, 0.15) is 39.0 Å². The Morgan fingerprint density at radius 1 is 1.57 bits per heavy atom. The number of hydrogen-bond donors (Lipinski definition) is 1. The van der Waals surface area contributed by atoms with Crippen LogP contribution in [0.4, 0.5) is 0 Å². The van der Waals surface area contributed by atoms with E-state index in [0.717, 1.165) is 32.2 Å². The van der Waals surface area contributed by atoms with Crippen LogP contribution in [0, 0.1) is 12.3 Å². The van der Waals surface area contributed by atoms with Crippen molar-refractivity contribution in [2.24, 2.45) is 0 Å². The number of ether oxygens (including phenoxy) is 1. The number of methoxy groups -OCH3 is 1. The number of nitrogens with one attached hydrogen (secondary N) is 1. The molecular weight excluding hydrogens is 174 g/mol. The fourth-order valence-electron chi connectivity index (χ4n) is 1.94. The molecule has 1 rings (SSSR count). The second kappa shape index (κ2) is 5.38. The van der Waals surface area contributed by atoms with E-state index in [-0.39, 0.29) is 11.6 Å². The molecule has 0 saturated heterocycles. The van der Waals surface area contributed by atoms with E-state index in [2.05, 4.69) is 18.2 Å². The van der Waals surface area contributed by atoms with Gasteiger partial charge in [-0.2, -0.15) is 0 Å². The lowest BCUT2D eigenvalue weighted by molar-refractivity contribution is -0.0803. The minimum Gasteiger partial charge on any atom is -0.378 e. The predicted octanol–water partition coefficient (Wildman–Crippen LogP) is 1.95. The van der Waals surface area contributed by atoms with Crippen LogP contribution in [-0.4, -0.2) is 25.3 Å². The molecule has 14 heavy (non-hydrogen) atoms. The molecule has 0 radical (unpaired) electrons. The molecule has 0 aromatic heterocycles. The zero-order valence-corrected chi connectivity index (χ0v) is 9.31. The van der Waals surface area contributed by atoms with Crippen molar-refractivity contribution in [3.8, 4) is 12.3 Å². The topological polar surface area (TPSA) is 21.3 Å². The third-order valence-corrected chi connectivity index (χ3v) is 3.12. The minimum atomic E-state index is 0.0811. The molecule has 1 atom stereocenters. The van der Waals surface area contributed by atoms with Gasteiger partial charge in [0.15, 0.2) is 0 Å². The van der Waals surface area contributed by atoms with Gasteiger partial charge in [0.1, 0.15) is 0 Å². The Morgan fingerprint density at radius 3 is 2.64 bits per heavy atom. The molecule has 2 heteroatoms.